The van der Waals surface area contributed by atoms with Gasteiger partial charge in [-0.15, -0.1) is 0 Å². The number of carbonyl (C=O) groups excluding carboxylic acids is 1. The average molecular weight is 406 g/mol. The monoisotopic (exact) mass is 406 g/mol. The summed E-state index contributed by atoms with van der Waals surface area (Å²) in [7, 11) is -3.74. The highest BCUT2D eigenvalue weighted by molar-refractivity contribution is 7.89. The van der Waals surface area contributed by atoms with Crippen LogP contribution in [-0.4, -0.2) is 43.9 Å². The van der Waals surface area contributed by atoms with Crippen LogP contribution in [0, 0.1) is 5.82 Å². The topological polar surface area (TPSA) is 75.7 Å². The van der Waals surface area contributed by atoms with Crippen LogP contribution >= 0.6 is 0 Å². The number of rotatable bonds is 5. The Kier molecular flexibility index (Phi) is 6.12. The molecule has 0 bridgehead atoms. The Balaban J connectivity index is 1.76. The number of sulfonamides is 1. The van der Waals surface area contributed by atoms with Crippen molar-refractivity contribution in [3.05, 3.63) is 65.5 Å². The van der Waals surface area contributed by atoms with E-state index in [4.69, 9.17) is 4.74 Å². The second-order valence-corrected chi connectivity index (χ2v) is 8.82. The molecule has 150 valence electrons. The van der Waals surface area contributed by atoms with Crippen LogP contribution in [0.5, 0.6) is 0 Å². The Morgan fingerprint density at radius 1 is 1.14 bits per heavy atom. The van der Waals surface area contributed by atoms with E-state index in [0.29, 0.717) is 5.56 Å². The van der Waals surface area contributed by atoms with Crippen molar-refractivity contribution in [2.75, 3.05) is 13.1 Å². The molecule has 0 aromatic heterocycles. The van der Waals surface area contributed by atoms with Crippen LogP contribution in [-0.2, 0) is 21.3 Å². The first kappa shape index (κ1) is 20.4. The molecule has 0 radical (unpaired) electrons. The highest BCUT2D eigenvalue weighted by atomic mass is 32.2. The standard InChI is InChI=1S/C20H23FN2O4S/c1-14-12-23(13-15(2)27-14)28(25,26)18-8-5-7-16(10-18)20(24)22-11-17-6-3-4-9-19(17)21/h3-10,14-15H,11-13H2,1-2H3,(H,22,24)/t14-,15-/m1/s1. The normalized spacial score (nSPS) is 20.7. The van der Waals surface area contributed by atoms with Gasteiger partial charge in [-0.25, -0.2) is 12.8 Å². The largest absolute Gasteiger partial charge is 0.373 e. The Labute approximate surface area is 164 Å². The van der Waals surface area contributed by atoms with E-state index >= 15 is 0 Å². The van der Waals surface area contributed by atoms with Gasteiger partial charge in [0.2, 0.25) is 10.0 Å². The van der Waals surface area contributed by atoms with Crippen molar-refractivity contribution < 1.29 is 22.3 Å². The van der Waals surface area contributed by atoms with Crippen LogP contribution in [0.3, 0.4) is 0 Å². The minimum atomic E-state index is -3.74. The van der Waals surface area contributed by atoms with Gasteiger partial charge in [-0.3, -0.25) is 4.79 Å². The van der Waals surface area contributed by atoms with E-state index in [0.717, 1.165) is 0 Å². The lowest BCUT2D eigenvalue weighted by Crippen LogP contribution is -2.48. The van der Waals surface area contributed by atoms with E-state index < -0.39 is 21.7 Å². The second kappa shape index (κ2) is 8.38. The van der Waals surface area contributed by atoms with Crippen LogP contribution in [0.15, 0.2) is 53.4 Å². The zero-order valence-corrected chi connectivity index (χ0v) is 16.6. The van der Waals surface area contributed by atoms with Gasteiger partial charge in [0.05, 0.1) is 17.1 Å². The van der Waals surface area contributed by atoms with E-state index in [-0.39, 0.29) is 42.3 Å². The van der Waals surface area contributed by atoms with Gasteiger partial charge < -0.3 is 10.1 Å². The summed E-state index contributed by atoms with van der Waals surface area (Å²) in [5.74, 6) is -0.876. The molecule has 1 N–H and O–H groups in total. The molecule has 1 heterocycles. The van der Waals surface area contributed by atoms with Crippen LogP contribution in [0.4, 0.5) is 4.39 Å². The number of carbonyl (C=O) groups is 1. The fourth-order valence-corrected chi connectivity index (χ4v) is 4.83. The first-order valence-corrected chi connectivity index (χ1v) is 10.5. The number of ether oxygens (including phenoxy) is 1. The third kappa shape index (κ3) is 4.57. The van der Waals surface area contributed by atoms with Crippen molar-refractivity contribution in [1.82, 2.24) is 9.62 Å². The SMILES string of the molecule is C[C@@H]1CN(S(=O)(=O)c2cccc(C(=O)NCc3ccccc3F)c2)C[C@@H](C)O1. The second-order valence-electron chi connectivity index (χ2n) is 6.88. The fraction of sp³-hybridized carbons (Fsp3) is 0.350. The zero-order chi connectivity index (χ0) is 20.3. The molecule has 0 spiro atoms. The molecule has 6 nitrogen and oxygen atoms in total. The molecule has 1 amide bonds. The van der Waals surface area contributed by atoms with Crippen LogP contribution in [0.25, 0.3) is 0 Å². The number of amides is 1. The summed E-state index contributed by atoms with van der Waals surface area (Å²) < 4.78 is 46.6. The first-order valence-electron chi connectivity index (χ1n) is 9.04. The minimum Gasteiger partial charge on any atom is -0.373 e. The molecule has 1 saturated heterocycles. The maximum atomic E-state index is 13.7. The number of hydrogen-bond acceptors (Lipinski definition) is 4. The highest BCUT2D eigenvalue weighted by Crippen LogP contribution is 2.22. The minimum absolute atomic E-state index is 0.0149. The Bertz CT molecular complexity index is 954. The van der Waals surface area contributed by atoms with Crippen molar-refractivity contribution >= 4 is 15.9 Å². The summed E-state index contributed by atoms with van der Waals surface area (Å²) in [5.41, 5.74) is 0.558. The van der Waals surface area contributed by atoms with E-state index in [1.54, 1.807) is 18.2 Å². The predicted molar refractivity (Wildman–Crippen MR) is 103 cm³/mol. The highest BCUT2D eigenvalue weighted by Gasteiger charge is 2.32. The van der Waals surface area contributed by atoms with E-state index in [2.05, 4.69) is 5.32 Å². The quantitative estimate of drug-likeness (QED) is 0.828. The molecule has 1 fully saturated rings. The number of benzene rings is 2. The molecule has 0 aliphatic carbocycles. The lowest BCUT2D eigenvalue weighted by molar-refractivity contribution is -0.0440. The van der Waals surface area contributed by atoms with E-state index in [1.165, 1.54) is 34.6 Å². The smallest absolute Gasteiger partial charge is 0.251 e. The number of halogens is 1. The Morgan fingerprint density at radius 2 is 1.82 bits per heavy atom. The molecule has 2 atom stereocenters. The summed E-state index contributed by atoms with van der Waals surface area (Å²) in [6.45, 7) is 4.18. The molecular formula is C20H23FN2O4S. The van der Waals surface area contributed by atoms with Crippen molar-refractivity contribution in [1.29, 1.82) is 0 Å². The third-order valence-electron chi connectivity index (χ3n) is 4.52. The Morgan fingerprint density at radius 3 is 2.50 bits per heavy atom. The first-order chi connectivity index (χ1) is 13.3. The molecular weight excluding hydrogens is 383 g/mol. The van der Waals surface area contributed by atoms with Gasteiger partial charge in [0.15, 0.2) is 0 Å². The number of morpholine rings is 1. The van der Waals surface area contributed by atoms with Gasteiger partial charge in [-0.05, 0) is 38.1 Å². The predicted octanol–water partition coefficient (Wildman–Crippen LogP) is 2.55. The van der Waals surface area contributed by atoms with Crippen molar-refractivity contribution in [2.24, 2.45) is 0 Å². The molecule has 0 saturated carbocycles. The van der Waals surface area contributed by atoms with Crippen LogP contribution in [0.2, 0.25) is 0 Å². The molecule has 1 aliphatic heterocycles. The number of nitrogens with zero attached hydrogens (tertiary/aromatic N) is 1. The van der Waals surface area contributed by atoms with Gasteiger partial charge in [0.25, 0.3) is 5.91 Å². The van der Waals surface area contributed by atoms with Gasteiger partial charge in [0.1, 0.15) is 5.82 Å². The van der Waals surface area contributed by atoms with E-state index in [9.17, 15) is 17.6 Å². The number of hydrogen-bond donors (Lipinski definition) is 1. The summed E-state index contributed by atoms with van der Waals surface area (Å²) in [4.78, 5) is 12.5. The van der Waals surface area contributed by atoms with Gasteiger partial charge in [0, 0.05) is 30.8 Å². The molecule has 2 aromatic rings. The summed E-state index contributed by atoms with van der Waals surface area (Å²) in [5, 5.41) is 2.62. The fourth-order valence-electron chi connectivity index (χ4n) is 3.19. The van der Waals surface area contributed by atoms with Crippen molar-refractivity contribution in [2.45, 2.75) is 37.5 Å². The molecule has 28 heavy (non-hydrogen) atoms. The Hall–Kier alpha value is -2.29. The van der Waals surface area contributed by atoms with Crippen LogP contribution in [0.1, 0.15) is 29.8 Å². The maximum Gasteiger partial charge on any atom is 0.251 e. The van der Waals surface area contributed by atoms with Crippen LogP contribution < -0.4 is 5.32 Å². The lowest BCUT2D eigenvalue weighted by Gasteiger charge is -2.34. The third-order valence-corrected chi connectivity index (χ3v) is 6.34. The zero-order valence-electron chi connectivity index (χ0n) is 15.8. The van der Waals surface area contributed by atoms with E-state index in [1.807, 2.05) is 13.8 Å². The molecule has 1 aliphatic rings. The van der Waals surface area contributed by atoms with Gasteiger partial charge >= 0.3 is 0 Å². The number of nitrogens with one attached hydrogen (secondary N) is 1. The molecule has 3 rings (SSSR count). The van der Waals surface area contributed by atoms with Crippen molar-refractivity contribution in [3.8, 4) is 0 Å². The molecule has 2 aromatic carbocycles. The van der Waals surface area contributed by atoms with Crippen molar-refractivity contribution in [3.63, 3.8) is 0 Å². The lowest BCUT2D eigenvalue weighted by atomic mass is 10.2. The van der Waals surface area contributed by atoms with Gasteiger partial charge in [-0.2, -0.15) is 4.31 Å². The molecule has 0 unspecified atom stereocenters. The maximum absolute atomic E-state index is 13.7. The molecule has 8 heteroatoms. The van der Waals surface area contributed by atoms with Gasteiger partial charge in [-0.1, -0.05) is 24.3 Å². The summed E-state index contributed by atoms with van der Waals surface area (Å²) in [6.07, 6.45) is -0.406. The average Bonchev–Trinajstić information content (AvgIpc) is 2.66. The summed E-state index contributed by atoms with van der Waals surface area (Å²) >= 11 is 0. The summed E-state index contributed by atoms with van der Waals surface area (Å²) in [6, 6.07) is 12.0.